The van der Waals surface area contributed by atoms with Gasteiger partial charge in [0.15, 0.2) is 0 Å². The second kappa shape index (κ2) is 9.75. The summed E-state index contributed by atoms with van der Waals surface area (Å²) in [5.41, 5.74) is 2.66. The summed E-state index contributed by atoms with van der Waals surface area (Å²) in [4.78, 5) is 27.6. The zero-order valence-corrected chi connectivity index (χ0v) is 19.3. The Morgan fingerprint density at radius 3 is 2.45 bits per heavy atom. The van der Waals surface area contributed by atoms with E-state index in [0.29, 0.717) is 42.1 Å². The molecule has 0 atom stereocenters. The maximum absolute atomic E-state index is 13.3. The SMILES string of the molecule is CC(C)c1c(C(=O)N2CCC(NC(=O)c3ccc(F)cc3)CC2)cnn1-c1cccc(Cl)c1. The molecule has 4 rings (SSSR count). The highest BCUT2D eigenvalue weighted by Gasteiger charge is 2.29. The van der Waals surface area contributed by atoms with Gasteiger partial charge in [0.1, 0.15) is 5.82 Å². The van der Waals surface area contributed by atoms with Gasteiger partial charge in [0.25, 0.3) is 11.8 Å². The van der Waals surface area contributed by atoms with Crippen molar-refractivity contribution >= 4 is 23.4 Å². The number of hydrogen-bond acceptors (Lipinski definition) is 3. The smallest absolute Gasteiger partial charge is 0.257 e. The number of nitrogens with one attached hydrogen (secondary N) is 1. The molecule has 6 nitrogen and oxygen atoms in total. The van der Waals surface area contributed by atoms with Gasteiger partial charge in [-0.25, -0.2) is 9.07 Å². The quantitative estimate of drug-likeness (QED) is 0.583. The van der Waals surface area contributed by atoms with Gasteiger partial charge in [0.05, 0.1) is 23.1 Å². The molecule has 1 aromatic heterocycles. The molecule has 0 spiro atoms. The largest absolute Gasteiger partial charge is 0.349 e. The molecule has 1 N–H and O–H groups in total. The molecular formula is C25H26ClFN4O2. The summed E-state index contributed by atoms with van der Waals surface area (Å²) in [6, 6.07) is 12.8. The van der Waals surface area contributed by atoms with Crippen LogP contribution < -0.4 is 5.32 Å². The lowest BCUT2D eigenvalue weighted by Gasteiger charge is -2.32. The average molecular weight is 469 g/mol. The summed E-state index contributed by atoms with van der Waals surface area (Å²) in [7, 11) is 0. The highest BCUT2D eigenvalue weighted by Crippen LogP contribution is 2.26. The number of amides is 2. The van der Waals surface area contributed by atoms with Crippen LogP contribution in [0.15, 0.2) is 54.7 Å². The molecule has 2 amide bonds. The number of carbonyl (C=O) groups is 2. The van der Waals surface area contributed by atoms with Crippen molar-refractivity contribution in [1.29, 1.82) is 0 Å². The zero-order valence-electron chi connectivity index (χ0n) is 18.6. The maximum Gasteiger partial charge on any atom is 0.257 e. The molecule has 8 heteroatoms. The standard InChI is InChI=1S/C25H26ClFN4O2/c1-16(2)23-22(15-28-31(23)21-5-3-4-18(26)14-21)25(33)30-12-10-20(11-13-30)29-24(32)17-6-8-19(27)9-7-17/h3-9,14-16,20H,10-13H2,1-2H3,(H,29,32). The van der Waals surface area contributed by atoms with Gasteiger partial charge in [0, 0.05) is 29.7 Å². The minimum atomic E-state index is -0.377. The van der Waals surface area contributed by atoms with Crippen molar-refractivity contribution in [3.05, 3.63) is 82.4 Å². The number of likely N-dealkylation sites (tertiary alicyclic amines) is 1. The van der Waals surface area contributed by atoms with Crippen LogP contribution in [0.2, 0.25) is 5.02 Å². The predicted octanol–water partition coefficient (Wildman–Crippen LogP) is 4.82. The number of carbonyl (C=O) groups excluding carboxylic acids is 2. The highest BCUT2D eigenvalue weighted by atomic mass is 35.5. The molecule has 3 aromatic rings. The van der Waals surface area contributed by atoms with Crippen molar-refractivity contribution in [3.63, 3.8) is 0 Å². The molecule has 0 unspecified atom stereocenters. The third-order valence-electron chi connectivity index (χ3n) is 5.86. The van der Waals surface area contributed by atoms with Crippen molar-refractivity contribution in [2.75, 3.05) is 13.1 Å². The van der Waals surface area contributed by atoms with E-state index >= 15 is 0 Å². The van der Waals surface area contributed by atoms with E-state index in [4.69, 9.17) is 11.6 Å². The van der Waals surface area contributed by atoms with E-state index in [2.05, 4.69) is 10.4 Å². The summed E-state index contributed by atoms with van der Waals surface area (Å²) in [6.07, 6.45) is 2.93. The Balaban J connectivity index is 1.43. The molecule has 1 saturated heterocycles. The number of aromatic nitrogens is 2. The van der Waals surface area contributed by atoms with Gasteiger partial charge in [-0.1, -0.05) is 31.5 Å². The predicted molar refractivity (Wildman–Crippen MR) is 125 cm³/mol. The summed E-state index contributed by atoms with van der Waals surface area (Å²) in [5, 5.41) is 8.08. The van der Waals surface area contributed by atoms with Crippen molar-refractivity contribution in [2.24, 2.45) is 0 Å². The van der Waals surface area contributed by atoms with E-state index in [0.717, 1.165) is 11.4 Å². The molecule has 0 bridgehead atoms. The van der Waals surface area contributed by atoms with Crippen molar-refractivity contribution in [2.45, 2.75) is 38.6 Å². The number of piperidine rings is 1. The van der Waals surface area contributed by atoms with Crippen LogP contribution >= 0.6 is 11.6 Å². The van der Waals surface area contributed by atoms with Crippen molar-refractivity contribution in [1.82, 2.24) is 20.0 Å². The lowest BCUT2D eigenvalue weighted by Crippen LogP contribution is -2.46. The van der Waals surface area contributed by atoms with E-state index < -0.39 is 0 Å². The number of benzene rings is 2. The van der Waals surface area contributed by atoms with E-state index in [1.807, 2.05) is 36.9 Å². The van der Waals surface area contributed by atoms with Crippen LogP contribution in [-0.2, 0) is 0 Å². The van der Waals surface area contributed by atoms with Crippen LogP contribution in [0.4, 0.5) is 4.39 Å². The van der Waals surface area contributed by atoms with Gasteiger partial charge in [-0.05, 0) is 61.2 Å². The third-order valence-corrected chi connectivity index (χ3v) is 6.10. The number of rotatable bonds is 5. The summed E-state index contributed by atoms with van der Waals surface area (Å²) >= 11 is 6.15. The van der Waals surface area contributed by atoms with Crippen LogP contribution in [0.3, 0.4) is 0 Å². The van der Waals surface area contributed by atoms with Crippen molar-refractivity contribution < 1.29 is 14.0 Å². The van der Waals surface area contributed by atoms with Gasteiger partial charge in [-0.3, -0.25) is 9.59 Å². The van der Waals surface area contributed by atoms with Crippen LogP contribution in [0, 0.1) is 5.82 Å². The van der Waals surface area contributed by atoms with Crippen LogP contribution in [0.1, 0.15) is 59.0 Å². The van der Waals surface area contributed by atoms with E-state index in [9.17, 15) is 14.0 Å². The second-order valence-electron chi connectivity index (χ2n) is 8.54. The first kappa shape index (κ1) is 23.0. The summed E-state index contributed by atoms with van der Waals surface area (Å²) < 4.78 is 14.9. The molecule has 2 heterocycles. The molecule has 1 aliphatic rings. The highest BCUT2D eigenvalue weighted by molar-refractivity contribution is 6.30. The molecule has 1 fully saturated rings. The monoisotopic (exact) mass is 468 g/mol. The first-order valence-electron chi connectivity index (χ1n) is 11.0. The first-order chi connectivity index (χ1) is 15.8. The first-order valence-corrected chi connectivity index (χ1v) is 11.4. The van der Waals surface area contributed by atoms with Crippen molar-refractivity contribution in [3.8, 4) is 5.69 Å². The Labute approximate surface area is 197 Å². The average Bonchev–Trinajstić information content (AvgIpc) is 3.25. The normalized spacial score (nSPS) is 14.5. The van der Waals surface area contributed by atoms with Gasteiger partial charge in [-0.15, -0.1) is 0 Å². The third kappa shape index (κ3) is 5.09. The molecule has 33 heavy (non-hydrogen) atoms. The Morgan fingerprint density at radius 2 is 1.82 bits per heavy atom. The van der Waals surface area contributed by atoms with Gasteiger partial charge < -0.3 is 10.2 Å². The van der Waals surface area contributed by atoms with Crippen LogP contribution in [0.5, 0.6) is 0 Å². The molecular weight excluding hydrogens is 443 g/mol. The Hall–Kier alpha value is -3.19. The molecule has 172 valence electrons. The van der Waals surface area contributed by atoms with Crippen LogP contribution in [0.25, 0.3) is 5.69 Å². The topological polar surface area (TPSA) is 67.2 Å². The molecule has 0 radical (unpaired) electrons. The fourth-order valence-corrected chi connectivity index (χ4v) is 4.34. The Kier molecular flexibility index (Phi) is 6.79. The molecule has 0 aliphatic carbocycles. The number of nitrogens with zero attached hydrogens (tertiary/aromatic N) is 3. The lowest BCUT2D eigenvalue weighted by molar-refractivity contribution is 0.0696. The minimum Gasteiger partial charge on any atom is -0.349 e. The van der Waals surface area contributed by atoms with Crippen LogP contribution in [-0.4, -0.2) is 45.6 Å². The Bertz CT molecular complexity index is 1150. The van der Waals surface area contributed by atoms with E-state index in [1.54, 1.807) is 16.9 Å². The van der Waals surface area contributed by atoms with E-state index in [-0.39, 0.29) is 29.6 Å². The lowest BCUT2D eigenvalue weighted by atomic mass is 10.0. The molecule has 2 aromatic carbocycles. The second-order valence-corrected chi connectivity index (χ2v) is 8.97. The zero-order chi connectivity index (χ0) is 23.5. The fraction of sp³-hybridized carbons (Fsp3) is 0.320. The molecule has 1 aliphatic heterocycles. The summed E-state index contributed by atoms with van der Waals surface area (Å²) in [5.74, 6) is -0.587. The number of halogens is 2. The van der Waals surface area contributed by atoms with Gasteiger partial charge >= 0.3 is 0 Å². The maximum atomic E-state index is 13.3. The Morgan fingerprint density at radius 1 is 1.12 bits per heavy atom. The van der Waals surface area contributed by atoms with Gasteiger partial charge in [-0.2, -0.15) is 5.10 Å². The fourth-order valence-electron chi connectivity index (χ4n) is 4.16. The van der Waals surface area contributed by atoms with Gasteiger partial charge in [0.2, 0.25) is 0 Å². The summed E-state index contributed by atoms with van der Waals surface area (Å²) in [6.45, 7) is 5.14. The minimum absolute atomic E-state index is 0.0367. The van der Waals surface area contributed by atoms with E-state index in [1.165, 1.54) is 24.3 Å². The molecule has 0 saturated carbocycles. The number of hydrogen-bond donors (Lipinski definition) is 1.